The number of hydrogen-bond donors (Lipinski definition) is 0. The van der Waals surface area contributed by atoms with Crippen LogP contribution in [0, 0.1) is 0 Å². The fraction of sp³-hybridized carbons (Fsp3) is 0.381. The topological polar surface area (TPSA) is 74.1 Å². The fourth-order valence-electron chi connectivity index (χ4n) is 3.91. The number of carbonyl (C=O) groups excluding carboxylic acids is 3. The summed E-state index contributed by atoms with van der Waals surface area (Å²) in [6.07, 6.45) is 1.47. The van der Waals surface area contributed by atoms with Crippen LogP contribution in [0.4, 0.5) is 5.69 Å². The highest BCUT2D eigenvalue weighted by atomic mass is 16.3. The highest BCUT2D eigenvalue weighted by molar-refractivity contribution is 6.10. The molecule has 0 aliphatic carbocycles. The molecule has 2 aromatic rings. The monoisotopic (exact) mass is 381 g/mol. The fourth-order valence-corrected chi connectivity index (χ4v) is 3.91. The largest absolute Gasteiger partial charge is 0.459 e. The Bertz CT molecular complexity index is 911. The molecule has 2 aliphatic heterocycles. The summed E-state index contributed by atoms with van der Waals surface area (Å²) in [5.74, 6) is -0.0246. The highest BCUT2D eigenvalue weighted by Gasteiger charge is 2.44. The van der Waals surface area contributed by atoms with Crippen molar-refractivity contribution in [2.24, 2.45) is 0 Å². The van der Waals surface area contributed by atoms with Crippen LogP contribution in [0.1, 0.15) is 30.0 Å². The first-order chi connectivity index (χ1) is 13.4. The van der Waals surface area contributed by atoms with E-state index in [0.29, 0.717) is 31.9 Å². The maximum atomic E-state index is 12.9. The van der Waals surface area contributed by atoms with Gasteiger partial charge in [-0.15, -0.1) is 0 Å². The van der Waals surface area contributed by atoms with Crippen molar-refractivity contribution in [1.29, 1.82) is 0 Å². The van der Waals surface area contributed by atoms with Gasteiger partial charge >= 0.3 is 0 Å². The first-order valence-corrected chi connectivity index (χ1v) is 9.41. The van der Waals surface area contributed by atoms with Gasteiger partial charge in [0.05, 0.1) is 11.7 Å². The molecule has 1 saturated heterocycles. The van der Waals surface area contributed by atoms with Crippen molar-refractivity contribution in [1.82, 2.24) is 9.80 Å². The van der Waals surface area contributed by atoms with Crippen molar-refractivity contribution in [2.45, 2.75) is 19.3 Å². The molecule has 7 nitrogen and oxygen atoms in total. The van der Waals surface area contributed by atoms with Crippen LogP contribution in [0.25, 0.3) is 0 Å². The number of para-hydroxylation sites is 1. The van der Waals surface area contributed by atoms with E-state index in [9.17, 15) is 14.4 Å². The van der Waals surface area contributed by atoms with E-state index < -0.39 is 5.41 Å². The molecule has 1 aromatic carbocycles. The van der Waals surface area contributed by atoms with Gasteiger partial charge in [0.15, 0.2) is 5.76 Å². The van der Waals surface area contributed by atoms with E-state index in [1.807, 2.05) is 38.1 Å². The van der Waals surface area contributed by atoms with E-state index in [2.05, 4.69) is 0 Å². The van der Waals surface area contributed by atoms with Crippen LogP contribution in [-0.4, -0.2) is 60.2 Å². The van der Waals surface area contributed by atoms with Gasteiger partial charge in [0.25, 0.3) is 5.91 Å². The van der Waals surface area contributed by atoms with Gasteiger partial charge in [-0.05, 0) is 37.6 Å². The minimum Gasteiger partial charge on any atom is -0.459 e. The van der Waals surface area contributed by atoms with E-state index in [1.54, 1.807) is 26.8 Å². The molecule has 0 unspecified atom stereocenters. The number of piperazine rings is 1. The van der Waals surface area contributed by atoms with E-state index in [4.69, 9.17) is 4.42 Å². The molecule has 146 valence electrons. The lowest BCUT2D eigenvalue weighted by atomic mass is 9.86. The number of fused-ring (bicyclic) bond motifs is 1. The molecule has 0 radical (unpaired) electrons. The van der Waals surface area contributed by atoms with Crippen LogP contribution in [0.5, 0.6) is 0 Å². The third-order valence-corrected chi connectivity index (χ3v) is 5.59. The Morgan fingerprint density at radius 2 is 1.68 bits per heavy atom. The quantitative estimate of drug-likeness (QED) is 0.814. The molecule has 0 spiro atoms. The maximum absolute atomic E-state index is 12.9. The second-order valence-corrected chi connectivity index (χ2v) is 7.68. The Balaban J connectivity index is 1.40. The molecule has 1 fully saturated rings. The van der Waals surface area contributed by atoms with Gasteiger partial charge in [0.1, 0.15) is 6.54 Å². The molecule has 28 heavy (non-hydrogen) atoms. The summed E-state index contributed by atoms with van der Waals surface area (Å²) in [5.41, 5.74) is 1.12. The van der Waals surface area contributed by atoms with E-state index in [-0.39, 0.29) is 24.3 Å². The second kappa shape index (κ2) is 6.82. The average molecular weight is 381 g/mol. The normalized spacial score (nSPS) is 18.4. The molecule has 0 atom stereocenters. The lowest BCUT2D eigenvalue weighted by Gasteiger charge is -2.35. The van der Waals surface area contributed by atoms with Crippen molar-refractivity contribution in [3.05, 3.63) is 54.0 Å². The van der Waals surface area contributed by atoms with Gasteiger partial charge in [-0.1, -0.05) is 18.2 Å². The lowest BCUT2D eigenvalue weighted by Crippen LogP contribution is -2.53. The van der Waals surface area contributed by atoms with Crippen molar-refractivity contribution in [3.63, 3.8) is 0 Å². The molecule has 0 N–H and O–H groups in total. The van der Waals surface area contributed by atoms with Gasteiger partial charge in [0.2, 0.25) is 11.8 Å². The summed E-state index contributed by atoms with van der Waals surface area (Å²) in [7, 11) is 0. The minimum atomic E-state index is -0.634. The minimum absolute atomic E-state index is 0.0193. The zero-order valence-electron chi connectivity index (χ0n) is 16.1. The molecule has 0 saturated carbocycles. The van der Waals surface area contributed by atoms with Crippen LogP contribution in [0.2, 0.25) is 0 Å². The van der Waals surface area contributed by atoms with Crippen LogP contribution in [0.15, 0.2) is 47.1 Å². The second-order valence-electron chi connectivity index (χ2n) is 7.68. The van der Waals surface area contributed by atoms with Gasteiger partial charge in [-0.2, -0.15) is 0 Å². The highest BCUT2D eigenvalue weighted by Crippen LogP contribution is 2.41. The summed E-state index contributed by atoms with van der Waals surface area (Å²) >= 11 is 0. The average Bonchev–Trinajstić information content (AvgIpc) is 3.31. The third kappa shape index (κ3) is 2.96. The molecule has 7 heteroatoms. The van der Waals surface area contributed by atoms with Crippen molar-refractivity contribution < 1.29 is 18.8 Å². The number of nitrogens with zero attached hydrogens (tertiary/aromatic N) is 3. The van der Waals surface area contributed by atoms with E-state index in [0.717, 1.165) is 11.3 Å². The smallest absolute Gasteiger partial charge is 0.289 e. The van der Waals surface area contributed by atoms with Gasteiger partial charge in [-0.3, -0.25) is 14.4 Å². The number of anilines is 1. The molecular weight excluding hydrogens is 358 g/mol. The van der Waals surface area contributed by atoms with Gasteiger partial charge < -0.3 is 19.1 Å². The predicted molar refractivity (Wildman–Crippen MR) is 103 cm³/mol. The van der Waals surface area contributed by atoms with Gasteiger partial charge in [-0.25, -0.2) is 0 Å². The summed E-state index contributed by atoms with van der Waals surface area (Å²) in [6.45, 7) is 5.57. The first kappa shape index (κ1) is 18.3. The SMILES string of the molecule is CC1(C)C(=O)N(CC(=O)N2CCN(C(=O)c3ccco3)CC2)c2ccccc21. The van der Waals surface area contributed by atoms with Crippen molar-refractivity contribution >= 4 is 23.4 Å². The molecule has 2 aliphatic rings. The molecule has 4 rings (SSSR count). The van der Waals surface area contributed by atoms with Crippen LogP contribution < -0.4 is 4.90 Å². The molecule has 1 aromatic heterocycles. The Kier molecular flexibility index (Phi) is 4.45. The van der Waals surface area contributed by atoms with E-state index in [1.165, 1.54) is 6.26 Å². The van der Waals surface area contributed by atoms with Crippen LogP contribution >= 0.6 is 0 Å². The number of hydrogen-bond acceptors (Lipinski definition) is 4. The number of carbonyl (C=O) groups is 3. The van der Waals surface area contributed by atoms with Crippen LogP contribution in [-0.2, 0) is 15.0 Å². The molecule has 3 amide bonds. The Labute approximate surface area is 163 Å². The number of benzene rings is 1. The number of furan rings is 1. The summed E-state index contributed by atoms with van der Waals surface area (Å²) in [5, 5.41) is 0. The molecule has 3 heterocycles. The summed E-state index contributed by atoms with van der Waals surface area (Å²) in [6, 6.07) is 10.9. The Morgan fingerprint density at radius 3 is 2.36 bits per heavy atom. The maximum Gasteiger partial charge on any atom is 0.289 e. The first-order valence-electron chi connectivity index (χ1n) is 9.41. The zero-order valence-corrected chi connectivity index (χ0v) is 16.1. The Hall–Kier alpha value is -3.09. The zero-order chi connectivity index (χ0) is 19.9. The lowest BCUT2D eigenvalue weighted by molar-refractivity contribution is -0.133. The van der Waals surface area contributed by atoms with Gasteiger partial charge in [0, 0.05) is 31.9 Å². The number of rotatable bonds is 3. The molecule has 0 bridgehead atoms. The predicted octanol–water partition coefficient (Wildman–Crippen LogP) is 1.89. The van der Waals surface area contributed by atoms with Crippen molar-refractivity contribution in [2.75, 3.05) is 37.6 Å². The standard InChI is InChI=1S/C21H23N3O4/c1-21(2)15-6-3-4-7-16(15)24(20(21)27)14-18(25)22-9-11-23(12-10-22)19(26)17-8-5-13-28-17/h3-8,13H,9-12,14H2,1-2H3. The number of amides is 3. The Morgan fingerprint density at radius 1 is 1.00 bits per heavy atom. The summed E-state index contributed by atoms with van der Waals surface area (Å²) < 4.78 is 5.16. The summed E-state index contributed by atoms with van der Waals surface area (Å²) in [4.78, 5) is 43.0. The van der Waals surface area contributed by atoms with Crippen LogP contribution in [0.3, 0.4) is 0 Å². The van der Waals surface area contributed by atoms with E-state index >= 15 is 0 Å². The van der Waals surface area contributed by atoms with Crippen molar-refractivity contribution in [3.8, 4) is 0 Å². The third-order valence-electron chi connectivity index (χ3n) is 5.59. The molecular formula is C21H23N3O4.